The topological polar surface area (TPSA) is 145 Å². The zero-order chi connectivity index (χ0) is 32.3. The lowest BCUT2D eigenvalue weighted by molar-refractivity contribution is -0.193. The largest absolute Gasteiger partial charge is 0.490 e. The summed E-state index contributed by atoms with van der Waals surface area (Å²) in [5.74, 6) is -4.45. The van der Waals surface area contributed by atoms with Gasteiger partial charge in [-0.15, -0.1) is 0 Å². The van der Waals surface area contributed by atoms with Gasteiger partial charge < -0.3 is 19.7 Å². The molecule has 1 amide bonds. The first-order valence-electron chi connectivity index (χ1n) is 11.9. The van der Waals surface area contributed by atoms with E-state index in [0.29, 0.717) is 5.92 Å². The quantitative estimate of drug-likeness (QED) is 0.149. The van der Waals surface area contributed by atoms with Crippen molar-refractivity contribution >= 4 is 35.0 Å². The number of benzene rings is 1. The van der Waals surface area contributed by atoms with Crippen molar-refractivity contribution in [3.8, 4) is 0 Å². The van der Waals surface area contributed by atoms with E-state index >= 15 is 0 Å². The van der Waals surface area contributed by atoms with E-state index in [2.05, 4.69) is 57.3 Å². The molecule has 4 N–H and O–H groups in total. The number of aromatic nitrogens is 2. The number of carboxylic acid groups (broad SMARTS) is 2. The van der Waals surface area contributed by atoms with E-state index in [4.69, 9.17) is 30.0 Å². The number of carbonyl (C=O) groups is 3. The number of hydrogen-bond donors (Lipinski definition) is 4. The van der Waals surface area contributed by atoms with Gasteiger partial charge in [0.05, 0.1) is 11.0 Å². The van der Waals surface area contributed by atoms with Crippen LogP contribution < -0.4 is 5.48 Å². The average Bonchev–Trinajstić information content (AvgIpc) is 3.10. The van der Waals surface area contributed by atoms with Gasteiger partial charge in [0.1, 0.15) is 5.82 Å². The number of fused-ring (bicyclic) bond motifs is 1. The van der Waals surface area contributed by atoms with Gasteiger partial charge in [0.15, 0.2) is 0 Å². The molecule has 232 valence electrons. The Morgan fingerprint density at radius 2 is 1.51 bits per heavy atom. The fraction of sp³-hybridized carbons (Fsp3) is 0.520. The number of alkyl halides is 6. The van der Waals surface area contributed by atoms with Gasteiger partial charge in [-0.2, -0.15) is 26.3 Å². The van der Waals surface area contributed by atoms with Crippen LogP contribution in [0.5, 0.6) is 0 Å². The second-order valence-corrected chi connectivity index (χ2v) is 10.3. The third-order valence-electron chi connectivity index (χ3n) is 4.79. The lowest BCUT2D eigenvalue weighted by Gasteiger charge is -2.29. The van der Waals surface area contributed by atoms with Crippen molar-refractivity contribution in [2.24, 2.45) is 11.3 Å². The Balaban J connectivity index is 0.000000941. The molecule has 1 aromatic carbocycles. The Hall–Kier alpha value is -3.66. The predicted molar refractivity (Wildman–Crippen MR) is 137 cm³/mol. The first-order chi connectivity index (χ1) is 18.5. The van der Waals surface area contributed by atoms with Gasteiger partial charge in [0, 0.05) is 25.6 Å². The van der Waals surface area contributed by atoms with Gasteiger partial charge in [-0.05, 0) is 49.2 Å². The molecule has 0 aliphatic heterocycles. The summed E-state index contributed by atoms with van der Waals surface area (Å²) >= 11 is 0. The molecular formula is C25H34F6N4O6. The number of aliphatic carboxylic acids is 2. The monoisotopic (exact) mass is 600 g/mol. The van der Waals surface area contributed by atoms with Crippen molar-refractivity contribution in [2.45, 2.75) is 53.0 Å². The van der Waals surface area contributed by atoms with Crippen molar-refractivity contribution in [3.63, 3.8) is 0 Å². The van der Waals surface area contributed by atoms with Gasteiger partial charge in [-0.1, -0.05) is 33.8 Å². The van der Waals surface area contributed by atoms with Gasteiger partial charge in [0.25, 0.3) is 5.91 Å². The fourth-order valence-electron chi connectivity index (χ4n) is 3.54. The van der Waals surface area contributed by atoms with Crippen LogP contribution in [0.4, 0.5) is 26.3 Å². The maximum atomic E-state index is 11.2. The summed E-state index contributed by atoms with van der Waals surface area (Å²) in [6.07, 6.45) is -6.28. The van der Waals surface area contributed by atoms with Gasteiger partial charge in [0.2, 0.25) is 0 Å². The molecule has 0 saturated heterocycles. The molecule has 0 bridgehead atoms. The minimum atomic E-state index is -5.08. The number of hydrogen-bond acceptors (Lipinski definition) is 6. The Morgan fingerprint density at radius 3 is 1.90 bits per heavy atom. The molecule has 41 heavy (non-hydrogen) atoms. The highest BCUT2D eigenvalue weighted by molar-refractivity contribution is 5.91. The van der Waals surface area contributed by atoms with Gasteiger partial charge in [-0.25, -0.2) is 20.1 Å². The van der Waals surface area contributed by atoms with Crippen LogP contribution in [0.2, 0.25) is 0 Å². The number of halogens is 6. The molecule has 0 spiro atoms. The fourth-order valence-corrected chi connectivity index (χ4v) is 3.54. The van der Waals surface area contributed by atoms with Crippen LogP contribution in [0, 0.1) is 11.3 Å². The molecule has 1 aromatic heterocycles. The lowest BCUT2D eigenvalue weighted by Crippen LogP contribution is -2.33. The first kappa shape index (κ1) is 37.3. The Morgan fingerprint density at radius 1 is 1.02 bits per heavy atom. The number of carbonyl (C=O) groups excluding carboxylic acids is 1. The van der Waals surface area contributed by atoms with E-state index in [1.807, 2.05) is 12.1 Å². The summed E-state index contributed by atoms with van der Waals surface area (Å²) in [7, 11) is 4.20. The van der Waals surface area contributed by atoms with E-state index < -0.39 is 30.2 Å². The number of hydroxylamine groups is 1. The van der Waals surface area contributed by atoms with Gasteiger partial charge >= 0.3 is 24.3 Å². The average molecular weight is 601 g/mol. The number of carboxylic acids is 2. The van der Waals surface area contributed by atoms with Crippen LogP contribution in [0.15, 0.2) is 24.3 Å². The number of nitrogens with one attached hydrogen (secondary N) is 1. The van der Waals surface area contributed by atoms with Gasteiger partial charge in [-0.3, -0.25) is 10.0 Å². The molecule has 2 aromatic rings. The van der Waals surface area contributed by atoms with Crippen LogP contribution in [-0.4, -0.2) is 80.7 Å². The second kappa shape index (κ2) is 15.4. The predicted octanol–water partition coefficient (Wildman–Crippen LogP) is 4.61. The highest BCUT2D eigenvalue weighted by Gasteiger charge is 2.38. The normalized spacial score (nSPS) is 12.2. The summed E-state index contributed by atoms with van der Waals surface area (Å²) < 4.78 is 65.8. The van der Waals surface area contributed by atoms with Crippen molar-refractivity contribution < 1.29 is 56.1 Å². The van der Waals surface area contributed by atoms with Crippen LogP contribution in [-0.2, 0) is 27.3 Å². The molecule has 2 rings (SSSR count). The minimum Gasteiger partial charge on any atom is -0.475 e. The van der Waals surface area contributed by atoms with Crippen molar-refractivity contribution in [1.29, 1.82) is 0 Å². The summed E-state index contributed by atoms with van der Waals surface area (Å²) in [4.78, 5) is 36.1. The Bertz CT molecular complexity index is 1180. The van der Waals surface area contributed by atoms with E-state index in [-0.39, 0.29) is 5.41 Å². The lowest BCUT2D eigenvalue weighted by atomic mass is 9.92. The molecule has 0 radical (unpaired) electrons. The van der Waals surface area contributed by atoms with Crippen molar-refractivity contribution in [3.05, 3.63) is 35.7 Å². The van der Waals surface area contributed by atoms with Crippen LogP contribution in [0.3, 0.4) is 0 Å². The molecule has 0 saturated carbocycles. The highest BCUT2D eigenvalue weighted by atomic mass is 19.4. The minimum absolute atomic E-state index is 0.112. The molecule has 0 unspecified atom stereocenters. The van der Waals surface area contributed by atoms with Crippen molar-refractivity contribution in [2.75, 3.05) is 20.6 Å². The molecule has 0 aliphatic rings. The summed E-state index contributed by atoms with van der Waals surface area (Å²) in [6, 6.07) is 6.02. The van der Waals surface area contributed by atoms with E-state index in [0.717, 1.165) is 41.9 Å². The maximum absolute atomic E-state index is 11.2. The zero-order valence-corrected chi connectivity index (χ0v) is 23.3. The highest BCUT2D eigenvalue weighted by Crippen LogP contribution is 2.26. The van der Waals surface area contributed by atoms with Crippen LogP contribution in [0.25, 0.3) is 17.1 Å². The maximum Gasteiger partial charge on any atom is 0.490 e. The van der Waals surface area contributed by atoms with E-state index in [1.54, 1.807) is 11.6 Å². The molecule has 0 fully saturated rings. The molecule has 10 nitrogen and oxygen atoms in total. The van der Waals surface area contributed by atoms with Crippen LogP contribution in [0.1, 0.15) is 39.1 Å². The summed E-state index contributed by atoms with van der Waals surface area (Å²) in [5.41, 5.74) is 4.63. The Kier molecular flexibility index (Phi) is 14.0. The summed E-state index contributed by atoms with van der Waals surface area (Å²) in [6.45, 7) is 10.9. The second-order valence-electron chi connectivity index (χ2n) is 10.3. The molecule has 0 aliphatic carbocycles. The first-order valence-corrected chi connectivity index (χ1v) is 11.9. The molecule has 16 heteroatoms. The Labute approximate surface area is 232 Å². The zero-order valence-electron chi connectivity index (χ0n) is 23.3. The van der Waals surface area contributed by atoms with E-state index in [1.165, 1.54) is 6.08 Å². The standard InChI is InChI=1S/C21H32N4O2.2C2HF3O2/c1-15(2)11-19-22-17-12-16(8-10-20(26)23-27)7-9-18(17)25(19)14-21(3,4)13-24(5)6;2*3-2(4,5)1(6)7/h7-10,12,15,27H,11,13-14H2,1-6H3,(H,23,26);2*(H,6,7)/b10-8+;;. The smallest absolute Gasteiger partial charge is 0.475 e. The van der Waals surface area contributed by atoms with Crippen molar-refractivity contribution in [1.82, 2.24) is 19.9 Å². The number of amides is 1. The SMILES string of the molecule is CC(C)Cc1nc2cc(/C=C/C(=O)NO)ccc2n1CC(C)(C)CN(C)C.O=C(O)C(F)(F)F.O=C(O)C(F)(F)F. The molecule has 0 atom stereocenters. The molecular weight excluding hydrogens is 566 g/mol. The number of imidazole rings is 1. The number of nitrogens with zero attached hydrogens (tertiary/aromatic N) is 3. The molecule has 1 heterocycles. The summed E-state index contributed by atoms with van der Waals surface area (Å²) in [5, 5.41) is 22.9. The van der Waals surface area contributed by atoms with Crippen LogP contribution >= 0.6 is 0 Å². The van der Waals surface area contributed by atoms with E-state index in [9.17, 15) is 31.1 Å². The third kappa shape index (κ3) is 14.5. The third-order valence-corrected chi connectivity index (χ3v) is 4.79. The number of rotatable bonds is 8.